The molecule has 0 bridgehead atoms. The van der Waals surface area contributed by atoms with Crippen molar-refractivity contribution in [2.24, 2.45) is 5.73 Å². The number of amides is 2. The maximum atomic E-state index is 12.9. The smallest absolute Gasteiger partial charge is 0.252 e. The number of primary amides is 1. The van der Waals surface area contributed by atoms with Gasteiger partial charge < -0.3 is 11.1 Å². The lowest BCUT2D eigenvalue weighted by atomic mass is 10.1. The number of nitrogens with one attached hydrogen (secondary N) is 1. The number of nitrogens with two attached hydrogens (primary N) is 1. The molecule has 0 spiro atoms. The van der Waals surface area contributed by atoms with Crippen molar-refractivity contribution in [3.63, 3.8) is 0 Å². The van der Waals surface area contributed by atoms with E-state index in [4.69, 9.17) is 5.73 Å². The molecule has 2 aromatic rings. The molecule has 6 heteroatoms. The van der Waals surface area contributed by atoms with Crippen LogP contribution in [-0.2, 0) is 4.79 Å². The molecule has 0 aliphatic carbocycles. The molecule has 1 atom stereocenters. The second kappa shape index (κ2) is 5.92. The minimum atomic E-state index is -1.02. The lowest BCUT2D eigenvalue weighted by Crippen LogP contribution is -2.37. The van der Waals surface area contributed by atoms with Gasteiger partial charge in [-0.05, 0) is 29.8 Å². The minimum absolute atomic E-state index is 0.355. The van der Waals surface area contributed by atoms with Gasteiger partial charge in [-0.25, -0.2) is 4.39 Å². The molecule has 1 heterocycles. The zero-order valence-corrected chi connectivity index (χ0v) is 10.4. The first-order valence-electron chi connectivity index (χ1n) is 5.83. The van der Waals surface area contributed by atoms with Crippen molar-refractivity contribution in [1.29, 1.82) is 0 Å². The topological polar surface area (TPSA) is 85.1 Å². The number of nitrogens with zero attached hydrogens (tertiary/aromatic N) is 1. The highest BCUT2D eigenvalue weighted by molar-refractivity contribution is 5.97. The lowest BCUT2D eigenvalue weighted by molar-refractivity contribution is -0.120. The van der Waals surface area contributed by atoms with Crippen LogP contribution in [-0.4, -0.2) is 16.8 Å². The zero-order valence-electron chi connectivity index (χ0n) is 10.4. The van der Waals surface area contributed by atoms with E-state index in [0.717, 1.165) is 0 Å². The van der Waals surface area contributed by atoms with Crippen molar-refractivity contribution in [2.75, 3.05) is 0 Å². The molecule has 2 rings (SSSR count). The highest BCUT2D eigenvalue weighted by atomic mass is 19.1. The minimum Gasteiger partial charge on any atom is -0.368 e. The first-order chi connectivity index (χ1) is 9.58. The second-order valence-electron chi connectivity index (χ2n) is 4.10. The van der Waals surface area contributed by atoms with E-state index in [0.29, 0.717) is 11.1 Å². The Kier molecular flexibility index (Phi) is 4.05. The number of carbonyl (C=O) groups is 2. The standard InChI is InChI=1S/C14H12FN3O2/c15-11-3-1-9(2-4-11)12(13(16)19)18-14(20)10-5-7-17-8-6-10/h1-8,12H,(H2,16,19)(H,18,20). The molecule has 20 heavy (non-hydrogen) atoms. The van der Waals surface area contributed by atoms with E-state index >= 15 is 0 Å². The van der Waals surface area contributed by atoms with Crippen LogP contribution in [0.4, 0.5) is 4.39 Å². The van der Waals surface area contributed by atoms with E-state index in [1.807, 2.05) is 0 Å². The average molecular weight is 273 g/mol. The fraction of sp³-hybridized carbons (Fsp3) is 0.0714. The van der Waals surface area contributed by atoms with E-state index in [1.165, 1.54) is 48.8 Å². The predicted molar refractivity (Wildman–Crippen MR) is 70.0 cm³/mol. The summed E-state index contributed by atoms with van der Waals surface area (Å²) in [5.41, 5.74) is 6.05. The number of hydrogen-bond donors (Lipinski definition) is 2. The fourth-order valence-electron chi connectivity index (χ4n) is 1.69. The van der Waals surface area contributed by atoms with Gasteiger partial charge in [-0.1, -0.05) is 12.1 Å². The van der Waals surface area contributed by atoms with Gasteiger partial charge in [-0.2, -0.15) is 0 Å². The maximum Gasteiger partial charge on any atom is 0.252 e. The van der Waals surface area contributed by atoms with Crippen LogP contribution in [0, 0.1) is 5.82 Å². The molecule has 102 valence electrons. The molecule has 0 radical (unpaired) electrons. The van der Waals surface area contributed by atoms with Gasteiger partial charge in [0.1, 0.15) is 11.9 Å². The first-order valence-corrected chi connectivity index (χ1v) is 5.83. The number of carbonyl (C=O) groups excluding carboxylic acids is 2. The molecule has 5 nitrogen and oxygen atoms in total. The molecule has 2 amide bonds. The van der Waals surface area contributed by atoms with Crippen LogP contribution in [0.2, 0.25) is 0 Å². The van der Waals surface area contributed by atoms with Gasteiger partial charge in [0.2, 0.25) is 5.91 Å². The van der Waals surface area contributed by atoms with E-state index in [2.05, 4.69) is 10.3 Å². The van der Waals surface area contributed by atoms with E-state index < -0.39 is 23.7 Å². The van der Waals surface area contributed by atoms with Gasteiger partial charge in [-0.15, -0.1) is 0 Å². The second-order valence-corrected chi connectivity index (χ2v) is 4.10. The number of halogens is 1. The Bertz CT molecular complexity index is 614. The molecular formula is C14H12FN3O2. The molecule has 1 unspecified atom stereocenters. The third-order valence-corrected chi connectivity index (χ3v) is 2.71. The largest absolute Gasteiger partial charge is 0.368 e. The third-order valence-electron chi connectivity index (χ3n) is 2.71. The maximum absolute atomic E-state index is 12.9. The van der Waals surface area contributed by atoms with Crippen molar-refractivity contribution in [1.82, 2.24) is 10.3 Å². The number of rotatable bonds is 4. The number of benzene rings is 1. The van der Waals surface area contributed by atoms with E-state index in [9.17, 15) is 14.0 Å². The molecule has 0 aliphatic rings. The van der Waals surface area contributed by atoms with Gasteiger partial charge in [0.25, 0.3) is 5.91 Å². The van der Waals surface area contributed by atoms with E-state index in [1.54, 1.807) is 0 Å². The molecule has 1 aromatic carbocycles. The summed E-state index contributed by atoms with van der Waals surface area (Å²) in [4.78, 5) is 27.2. The molecule has 0 saturated carbocycles. The molecule has 0 fully saturated rings. The van der Waals surface area contributed by atoms with Gasteiger partial charge in [0.15, 0.2) is 0 Å². The monoisotopic (exact) mass is 273 g/mol. The Morgan fingerprint density at radius 1 is 1.10 bits per heavy atom. The Morgan fingerprint density at radius 3 is 2.25 bits per heavy atom. The van der Waals surface area contributed by atoms with Crippen molar-refractivity contribution >= 4 is 11.8 Å². The summed E-state index contributed by atoms with van der Waals surface area (Å²) in [7, 11) is 0. The Labute approximate surface area is 114 Å². The molecule has 0 saturated heterocycles. The van der Waals surface area contributed by atoms with E-state index in [-0.39, 0.29) is 0 Å². The normalized spacial score (nSPS) is 11.7. The van der Waals surface area contributed by atoms with Crippen LogP contribution >= 0.6 is 0 Å². The Morgan fingerprint density at radius 2 is 1.70 bits per heavy atom. The summed E-state index contributed by atoms with van der Waals surface area (Å²) in [6, 6.07) is 7.20. The van der Waals surface area contributed by atoms with Crippen molar-refractivity contribution < 1.29 is 14.0 Å². The summed E-state index contributed by atoms with van der Waals surface area (Å²) in [6.45, 7) is 0. The zero-order chi connectivity index (χ0) is 14.5. The quantitative estimate of drug-likeness (QED) is 0.877. The van der Waals surface area contributed by atoms with Gasteiger partial charge in [0.05, 0.1) is 0 Å². The molecular weight excluding hydrogens is 261 g/mol. The molecule has 1 aromatic heterocycles. The Balaban J connectivity index is 2.20. The summed E-state index contributed by atoms with van der Waals surface area (Å²) < 4.78 is 12.9. The predicted octanol–water partition coefficient (Wildman–Crippen LogP) is 1.18. The summed E-state index contributed by atoms with van der Waals surface area (Å²) in [5, 5.41) is 2.50. The lowest BCUT2D eigenvalue weighted by Gasteiger charge is -2.15. The summed E-state index contributed by atoms with van der Waals surface area (Å²) in [5.74, 6) is -1.61. The number of aromatic nitrogens is 1. The number of pyridine rings is 1. The first kappa shape index (κ1) is 13.7. The van der Waals surface area contributed by atoms with Gasteiger partial charge >= 0.3 is 0 Å². The van der Waals surface area contributed by atoms with Crippen molar-refractivity contribution in [2.45, 2.75) is 6.04 Å². The SMILES string of the molecule is NC(=O)C(NC(=O)c1ccncc1)c1ccc(F)cc1. The molecule has 3 N–H and O–H groups in total. The summed E-state index contributed by atoms with van der Waals surface area (Å²) >= 11 is 0. The van der Waals surface area contributed by atoms with Gasteiger partial charge in [-0.3, -0.25) is 14.6 Å². The van der Waals surface area contributed by atoms with Crippen LogP contribution in [0.3, 0.4) is 0 Å². The van der Waals surface area contributed by atoms with Gasteiger partial charge in [0, 0.05) is 18.0 Å². The molecule has 0 aliphatic heterocycles. The van der Waals surface area contributed by atoms with Crippen LogP contribution in [0.15, 0.2) is 48.8 Å². The number of hydrogen-bond acceptors (Lipinski definition) is 3. The highest BCUT2D eigenvalue weighted by Crippen LogP contribution is 2.14. The Hall–Kier alpha value is -2.76. The average Bonchev–Trinajstić information content (AvgIpc) is 2.46. The van der Waals surface area contributed by atoms with Crippen LogP contribution in [0.1, 0.15) is 22.0 Å². The van der Waals surface area contributed by atoms with Crippen molar-refractivity contribution in [3.8, 4) is 0 Å². The van der Waals surface area contributed by atoms with Crippen molar-refractivity contribution in [3.05, 3.63) is 65.7 Å². The highest BCUT2D eigenvalue weighted by Gasteiger charge is 2.20. The fourth-order valence-corrected chi connectivity index (χ4v) is 1.69. The third kappa shape index (κ3) is 3.17. The van der Waals surface area contributed by atoms with Crippen LogP contribution in [0.25, 0.3) is 0 Å². The van der Waals surface area contributed by atoms with Crippen LogP contribution < -0.4 is 11.1 Å². The van der Waals surface area contributed by atoms with Crippen LogP contribution in [0.5, 0.6) is 0 Å². The summed E-state index contributed by atoms with van der Waals surface area (Å²) in [6.07, 6.45) is 2.93.